The molecule has 0 aliphatic carbocycles. The Labute approximate surface area is 186 Å². The van der Waals surface area contributed by atoms with E-state index in [-0.39, 0.29) is 6.42 Å². The van der Waals surface area contributed by atoms with Gasteiger partial charge in [0.25, 0.3) is 0 Å². The van der Waals surface area contributed by atoms with Crippen molar-refractivity contribution >= 4 is 16.7 Å². The first-order valence-electron chi connectivity index (χ1n) is 10.3. The molecular weight excluding hydrogens is 404 g/mol. The van der Waals surface area contributed by atoms with Crippen LogP contribution in [-0.2, 0) is 11.2 Å². The van der Waals surface area contributed by atoms with E-state index in [2.05, 4.69) is 6.07 Å². The second-order valence-electron chi connectivity index (χ2n) is 7.40. The number of hydrogen-bond acceptors (Lipinski definition) is 4. The lowest BCUT2D eigenvalue weighted by Crippen LogP contribution is -1.97. The third-order valence-electron chi connectivity index (χ3n) is 5.35. The van der Waals surface area contributed by atoms with Crippen LogP contribution in [0.1, 0.15) is 12.0 Å². The first-order valence-corrected chi connectivity index (χ1v) is 10.3. The number of carboxylic acids is 1. The van der Waals surface area contributed by atoms with Crippen molar-refractivity contribution in [2.24, 2.45) is 0 Å². The number of aliphatic carboxylic acids is 1. The lowest BCUT2D eigenvalue weighted by atomic mass is 9.99. The zero-order chi connectivity index (χ0) is 22.5. The molecule has 0 amide bonds. The van der Waals surface area contributed by atoms with Gasteiger partial charge in [-0.1, -0.05) is 30.3 Å². The predicted molar refractivity (Wildman–Crippen MR) is 125 cm³/mol. The fraction of sp³-hybridized carbons (Fsp3) is 0.148. The van der Waals surface area contributed by atoms with Crippen LogP contribution in [-0.4, -0.2) is 25.3 Å². The summed E-state index contributed by atoms with van der Waals surface area (Å²) in [4.78, 5) is 10.8. The monoisotopic (exact) mass is 428 g/mol. The van der Waals surface area contributed by atoms with E-state index in [1.54, 1.807) is 14.2 Å². The third-order valence-corrected chi connectivity index (χ3v) is 5.35. The molecule has 5 nitrogen and oxygen atoms in total. The molecule has 0 saturated carbocycles. The van der Waals surface area contributed by atoms with Crippen molar-refractivity contribution < 1.29 is 24.1 Å². The van der Waals surface area contributed by atoms with E-state index in [1.165, 1.54) is 0 Å². The summed E-state index contributed by atoms with van der Waals surface area (Å²) in [6, 6.07) is 25.4. The van der Waals surface area contributed by atoms with Crippen LogP contribution in [0.5, 0.6) is 23.0 Å². The van der Waals surface area contributed by atoms with E-state index in [9.17, 15) is 4.79 Å². The molecule has 5 heteroatoms. The molecule has 4 aromatic rings. The largest absolute Gasteiger partial charge is 0.497 e. The molecule has 0 fully saturated rings. The topological polar surface area (TPSA) is 65.0 Å². The minimum atomic E-state index is -0.805. The summed E-state index contributed by atoms with van der Waals surface area (Å²) in [5, 5.41) is 10.9. The SMILES string of the molecule is COc1ccc(-c2ccc3cc(OC)ccc3c2Oc2ccc(CCC(=O)O)cc2)cc1. The van der Waals surface area contributed by atoms with Gasteiger partial charge in [-0.2, -0.15) is 0 Å². The van der Waals surface area contributed by atoms with Crippen molar-refractivity contribution in [2.75, 3.05) is 14.2 Å². The van der Waals surface area contributed by atoms with Crippen molar-refractivity contribution in [3.8, 4) is 34.1 Å². The van der Waals surface area contributed by atoms with Gasteiger partial charge in [0, 0.05) is 17.4 Å². The highest BCUT2D eigenvalue weighted by Gasteiger charge is 2.13. The maximum absolute atomic E-state index is 10.8. The number of hydrogen-bond donors (Lipinski definition) is 1. The molecule has 0 spiro atoms. The van der Waals surface area contributed by atoms with Crippen LogP contribution in [0.4, 0.5) is 0 Å². The minimum absolute atomic E-state index is 0.104. The summed E-state index contributed by atoms with van der Waals surface area (Å²) < 4.78 is 17.1. The van der Waals surface area contributed by atoms with Crippen LogP contribution < -0.4 is 14.2 Å². The first-order chi connectivity index (χ1) is 15.6. The Kier molecular flexibility index (Phi) is 6.26. The average Bonchev–Trinajstić information content (AvgIpc) is 2.83. The zero-order valence-electron chi connectivity index (χ0n) is 18.0. The molecule has 4 rings (SSSR count). The molecule has 0 heterocycles. The third kappa shape index (κ3) is 4.67. The summed E-state index contributed by atoms with van der Waals surface area (Å²) in [5.41, 5.74) is 2.93. The van der Waals surface area contributed by atoms with Gasteiger partial charge in [0.2, 0.25) is 0 Å². The summed E-state index contributed by atoms with van der Waals surface area (Å²) in [6.45, 7) is 0. The first kappa shape index (κ1) is 21.2. The van der Waals surface area contributed by atoms with Gasteiger partial charge in [-0.15, -0.1) is 0 Å². The van der Waals surface area contributed by atoms with Crippen LogP contribution in [0, 0.1) is 0 Å². The maximum atomic E-state index is 10.8. The standard InChI is InChI=1S/C27H24O5/c1-30-21-11-6-19(7-12-21)24-14-8-20-17-23(31-2)13-15-25(20)27(24)32-22-9-3-18(4-10-22)5-16-26(28)29/h3-4,6-15,17H,5,16H2,1-2H3,(H,28,29). The number of benzene rings is 4. The number of ether oxygens (including phenoxy) is 3. The quantitative estimate of drug-likeness (QED) is 0.355. The van der Waals surface area contributed by atoms with Crippen LogP contribution in [0.25, 0.3) is 21.9 Å². The highest BCUT2D eigenvalue weighted by Crippen LogP contribution is 2.41. The number of rotatable bonds is 8. The number of carboxylic acid groups (broad SMARTS) is 1. The van der Waals surface area contributed by atoms with Gasteiger partial charge in [-0.3, -0.25) is 4.79 Å². The fourth-order valence-corrected chi connectivity index (χ4v) is 3.61. The maximum Gasteiger partial charge on any atom is 0.303 e. The normalized spacial score (nSPS) is 10.7. The van der Waals surface area contributed by atoms with Gasteiger partial charge >= 0.3 is 5.97 Å². The molecule has 0 aromatic heterocycles. The van der Waals surface area contributed by atoms with E-state index in [1.807, 2.05) is 72.8 Å². The van der Waals surface area contributed by atoms with Crippen LogP contribution in [0.3, 0.4) is 0 Å². The zero-order valence-corrected chi connectivity index (χ0v) is 18.0. The Hall–Kier alpha value is -3.99. The Morgan fingerprint density at radius 2 is 1.44 bits per heavy atom. The fourth-order valence-electron chi connectivity index (χ4n) is 3.61. The van der Waals surface area contributed by atoms with Crippen molar-refractivity contribution in [1.82, 2.24) is 0 Å². The van der Waals surface area contributed by atoms with Crippen molar-refractivity contribution in [2.45, 2.75) is 12.8 Å². The van der Waals surface area contributed by atoms with E-state index >= 15 is 0 Å². The Morgan fingerprint density at radius 3 is 2.09 bits per heavy atom. The molecule has 4 aromatic carbocycles. The number of fused-ring (bicyclic) bond motifs is 1. The highest BCUT2D eigenvalue weighted by atomic mass is 16.5. The molecule has 0 aliphatic rings. The Balaban J connectivity index is 1.75. The summed E-state index contributed by atoms with van der Waals surface area (Å²) in [6.07, 6.45) is 0.591. The molecule has 0 atom stereocenters. The van der Waals surface area contributed by atoms with Crippen LogP contribution in [0.15, 0.2) is 78.9 Å². The van der Waals surface area contributed by atoms with Crippen LogP contribution >= 0.6 is 0 Å². The molecule has 32 heavy (non-hydrogen) atoms. The van der Waals surface area contributed by atoms with Gasteiger partial charge < -0.3 is 19.3 Å². The smallest absolute Gasteiger partial charge is 0.303 e. The predicted octanol–water partition coefficient (Wildman–Crippen LogP) is 6.33. The Bertz CT molecular complexity index is 1230. The molecule has 0 saturated heterocycles. The van der Waals surface area contributed by atoms with Gasteiger partial charge in [-0.25, -0.2) is 0 Å². The van der Waals surface area contributed by atoms with Crippen LogP contribution in [0.2, 0.25) is 0 Å². The highest BCUT2D eigenvalue weighted by molar-refractivity contribution is 5.96. The molecular formula is C27H24O5. The summed E-state index contributed by atoms with van der Waals surface area (Å²) in [7, 11) is 3.29. The lowest BCUT2D eigenvalue weighted by molar-refractivity contribution is -0.136. The van der Waals surface area contributed by atoms with Gasteiger partial charge in [0.15, 0.2) is 0 Å². The molecule has 0 radical (unpaired) electrons. The number of aryl methyl sites for hydroxylation is 1. The second kappa shape index (κ2) is 9.43. The average molecular weight is 428 g/mol. The number of carbonyl (C=O) groups is 1. The number of methoxy groups -OCH3 is 2. The molecule has 162 valence electrons. The van der Waals surface area contributed by atoms with Crippen molar-refractivity contribution in [3.05, 3.63) is 84.4 Å². The Morgan fingerprint density at radius 1 is 0.781 bits per heavy atom. The summed E-state index contributed by atoms with van der Waals surface area (Å²) >= 11 is 0. The van der Waals surface area contributed by atoms with E-state index in [0.717, 1.165) is 44.7 Å². The molecule has 1 N–H and O–H groups in total. The van der Waals surface area contributed by atoms with Crippen molar-refractivity contribution in [1.29, 1.82) is 0 Å². The minimum Gasteiger partial charge on any atom is -0.497 e. The second-order valence-corrected chi connectivity index (χ2v) is 7.40. The van der Waals surface area contributed by atoms with Gasteiger partial charge in [0.05, 0.1) is 14.2 Å². The van der Waals surface area contributed by atoms with E-state index < -0.39 is 5.97 Å². The van der Waals surface area contributed by atoms with Gasteiger partial charge in [-0.05, 0) is 71.5 Å². The van der Waals surface area contributed by atoms with Crippen molar-refractivity contribution in [3.63, 3.8) is 0 Å². The molecule has 0 bridgehead atoms. The molecule has 0 unspecified atom stereocenters. The lowest BCUT2D eigenvalue weighted by Gasteiger charge is -2.16. The van der Waals surface area contributed by atoms with E-state index in [0.29, 0.717) is 12.2 Å². The molecule has 0 aliphatic heterocycles. The van der Waals surface area contributed by atoms with Gasteiger partial charge in [0.1, 0.15) is 23.0 Å². The summed E-state index contributed by atoms with van der Waals surface area (Å²) in [5.74, 6) is 2.19. The van der Waals surface area contributed by atoms with E-state index in [4.69, 9.17) is 19.3 Å².